The van der Waals surface area contributed by atoms with Gasteiger partial charge in [-0.3, -0.25) is 0 Å². The summed E-state index contributed by atoms with van der Waals surface area (Å²) in [6.45, 7) is 0. The van der Waals surface area contributed by atoms with E-state index in [1.54, 1.807) is 0 Å². The lowest BCUT2D eigenvalue weighted by Gasteiger charge is -2.13. The van der Waals surface area contributed by atoms with Crippen molar-refractivity contribution in [1.82, 2.24) is 15.0 Å². The highest BCUT2D eigenvalue weighted by atomic mass is 32.2. The molecule has 1 aromatic heterocycles. The summed E-state index contributed by atoms with van der Waals surface area (Å²) >= 11 is 0. The molecule has 0 saturated carbocycles. The maximum atomic E-state index is 13.1. The van der Waals surface area contributed by atoms with E-state index in [0.29, 0.717) is 0 Å². The average Bonchev–Trinajstić information content (AvgIpc) is 3.04. The number of phenolic OH excluding ortho intramolecular Hbond substituents is 2. The van der Waals surface area contributed by atoms with Crippen LogP contribution in [0, 0.1) is 0 Å². The lowest BCUT2D eigenvalue weighted by Crippen LogP contribution is -2.05. The fraction of sp³-hybridized carbons (Fsp3) is 0.125. The molecule has 0 fully saturated rings. The van der Waals surface area contributed by atoms with Gasteiger partial charge in [0.15, 0.2) is 11.5 Å². The highest BCUT2D eigenvalue weighted by Gasteiger charge is 2.31. The SMILES string of the molecule is COc1cc(-n2nnc(N=S(=O)=O)c2-c2cccc(C(F)(F)F)c2)c(O)cc1O. The van der Waals surface area contributed by atoms with Gasteiger partial charge in [0.25, 0.3) is 0 Å². The molecular weight excluding hydrogens is 417 g/mol. The Morgan fingerprint density at radius 3 is 2.48 bits per heavy atom. The number of nitrogens with zero attached hydrogens (tertiary/aromatic N) is 4. The number of phenols is 2. The van der Waals surface area contributed by atoms with E-state index in [2.05, 4.69) is 14.7 Å². The molecule has 2 N–H and O–H groups in total. The number of hydrogen-bond acceptors (Lipinski definition) is 8. The zero-order valence-electron chi connectivity index (χ0n) is 14.4. The molecule has 0 aliphatic carbocycles. The number of rotatable bonds is 4. The summed E-state index contributed by atoms with van der Waals surface area (Å²) < 4.78 is 70.4. The Kier molecular flexibility index (Phi) is 5.16. The second-order valence-electron chi connectivity index (χ2n) is 5.57. The predicted molar refractivity (Wildman–Crippen MR) is 92.7 cm³/mol. The van der Waals surface area contributed by atoms with Crippen LogP contribution in [0.15, 0.2) is 40.8 Å². The van der Waals surface area contributed by atoms with E-state index in [9.17, 15) is 31.8 Å². The number of ether oxygens (including phenoxy) is 1. The van der Waals surface area contributed by atoms with Crippen molar-refractivity contribution in [3.63, 3.8) is 0 Å². The van der Waals surface area contributed by atoms with Gasteiger partial charge in [-0.15, -0.1) is 9.46 Å². The van der Waals surface area contributed by atoms with Crippen LogP contribution in [0.5, 0.6) is 17.2 Å². The van der Waals surface area contributed by atoms with Gasteiger partial charge >= 0.3 is 16.7 Å². The van der Waals surface area contributed by atoms with Crippen LogP contribution in [0.1, 0.15) is 5.56 Å². The third kappa shape index (κ3) is 3.99. The number of hydrogen-bond donors (Lipinski definition) is 2. The third-order valence-corrected chi connectivity index (χ3v) is 4.10. The highest BCUT2D eigenvalue weighted by Crippen LogP contribution is 2.40. The van der Waals surface area contributed by atoms with E-state index in [0.717, 1.165) is 35.0 Å². The van der Waals surface area contributed by atoms with Gasteiger partial charge in [-0.1, -0.05) is 17.3 Å². The van der Waals surface area contributed by atoms with E-state index in [4.69, 9.17) is 4.74 Å². The van der Waals surface area contributed by atoms with E-state index in [-0.39, 0.29) is 22.7 Å². The minimum absolute atomic E-state index is 0.0748. The summed E-state index contributed by atoms with van der Waals surface area (Å²) in [5, 5.41) is 27.2. The molecule has 9 nitrogen and oxygen atoms in total. The Labute approximate surface area is 162 Å². The summed E-state index contributed by atoms with van der Waals surface area (Å²) in [5.41, 5.74) is -1.48. The van der Waals surface area contributed by atoms with Gasteiger partial charge in [-0.2, -0.15) is 21.6 Å². The van der Waals surface area contributed by atoms with Gasteiger partial charge in [0, 0.05) is 17.7 Å². The van der Waals surface area contributed by atoms with E-state index < -0.39 is 39.6 Å². The molecule has 2 aromatic carbocycles. The zero-order valence-corrected chi connectivity index (χ0v) is 15.2. The fourth-order valence-electron chi connectivity index (χ4n) is 2.55. The third-order valence-electron chi connectivity index (χ3n) is 3.78. The molecule has 0 atom stereocenters. The van der Waals surface area contributed by atoms with Gasteiger partial charge in [0.1, 0.15) is 17.1 Å². The van der Waals surface area contributed by atoms with Crippen molar-refractivity contribution < 1.29 is 36.5 Å². The quantitative estimate of drug-likeness (QED) is 0.654. The molecule has 0 amide bonds. The van der Waals surface area contributed by atoms with Crippen LogP contribution in [0.3, 0.4) is 0 Å². The lowest BCUT2D eigenvalue weighted by molar-refractivity contribution is -0.137. The number of alkyl halides is 3. The van der Waals surface area contributed by atoms with Gasteiger partial charge in [0.2, 0.25) is 5.82 Å². The van der Waals surface area contributed by atoms with Crippen molar-refractivity contribution in [2.75, 3.05) is 7.11 Å². The summed E-state index contributed by atoms with van der Waals surface area (Å²) in [6, 6.07) is 6.05. The minimum atomic E-state index is -4.66. The summed E-state index contributed by atoms with van der Waals surface area (Å²) in [7, 11) is -1.73. The van der Waals surface area contributed by atoms with E-state index >= 15 is 0 Å². The molecule has 152 valence electrons. The van der Waals surface area contributed by atoms with Crippen molar-refractivity contribution in [2.24, 2.45) is 4.36 Å². The molecule has 29 heavy (non-hydrogen) atoms. The second kappa shape index (κ2) is 7.43. The first kappa shape index (κ1) is 20.1. The van der Waals surface area contributed by atoms with Gasteiger partial charge in [-0.25, -0.2) is 4.68 Å². The minimum Gasteiger partial charge on any atom is -0.506 e. The van der Waals surface area contributed by atoms with Crippen molar-refractivity contribution in [1.29, 1.82) is 0 Å². The van der Waals surface area contributed by atoms with Gasteiger partial charge in [0.05, 0.1) is 12.7 Å². The molecule has 0 bridgehead atoms. The number of aromatic nitrogens is 3. The van der Waals surface area contributed by atoms with Crippen molar-refractivity contribution in [2.45, 2.75) is 6.18 Å². The van der Waals surface area contributed by atoms with E-state index in [1.165, 1.54) is 13.2 Å². The summed E-state index contributed by atoms with van der Waals surface area (Å²) in [5.74, 6) is -1.49. The Morgan fingerprint density at radius 1 is 1.14 bits per heavy atom. The fourth-order valence-corrected chi connectivity index (χ4v) is 2.81. The monoisotopic (exact) mass is 428 g/mol. The Morgan fingerprint density at radius 2 is 1.86 bits per heavy atom. The molecule has 0 spiro atoms. The first-order chi connectivity index (χ1) is 13.6. The molecular formula is C16H11F3N4O5S. The first-order valence-electron chi connectivity index (χ1n) is 7.66. The molecule has 1 heterocycles. The largest absolute Gasteiger partial charge is 0.506 e. The van der Waals surface area contributed by atoms with Crippen molar-refractivity contribution in [3.8, 4) is 34.2 Å². The first-order valence-corrected chi connectivity index (χ1v) is 8.69. The molecule has 0 aliphatic rings. The van der Waals surface area contributed by atoms with Gasteiger partial charge in [-0.05, 0) is 12.1 Å². The van der Waals surface area contributed by atoms with Crippen LogP contribution >= 0.6 is 0 Å². The van der Waals surface area contributed by atoms with Gasteiger partial charge < -0.3 is 14.9 Å². The predicted octanol–water partition coefficient (Wildman–Crippen LogP) is 3.07. The molecule has 0 unspecified atom stereocenters. The number of methoxy groups -OCH3 is 1. The molecule has 3 aromatic rings. The lowest BCUT2D eigenvalue weighted by atomic mass is 10.1. The molecule has 0 saturated heterocycles. The van der Waals surface area contributed by atoms with E-state index in [1.807, 2.05) is 0 Å². The van der Waals surface area contributed by atoms with Crippen LogP contribution in [0.2, 0.25) is 0 Å². The molecule has 13 heteroatoms. The topological polar surface area (TPSA) is 127 Å². The van der Waals surface area contributed by atoms with Crippen LogP contribution in [0.25, 0.3) is 16.9 Å². The Bertz CT molecular complexity index is 1210. The zero-order chi connectivity index (χ0) is 21.3. The number of halogens is 3. The normalized spacial score (nSPS) is 11.3. The Balaban J connectivity index is 2.33. The van der Waals surface area contributed by atoms with Crippen LogP contribution in [0.4, 0.5) is 19.0 Å². The molecule has 0 radical (unpaired) electrons. The standard InChI is InChI=1S/C16H11F3N4O5S/c1-28-13-6-10(11(24)7-12(13)25)23-14(15(20-22-23)21-29(26)27)8-3-2-4-9(5-8)16(17,18)19/h2-7,24-25H,1H3. The number of benzene rings is 2. The Hall–Kier alpha value is -3.61. The van der Waals surface area contributed by atoms with Crippen molar-refractivity contribution in [3.05, 3.63) is 42.0 Å². The maximum absolute atomic E-state index is 13.1. The van der Waals surface area contributed by atoms with Crippen LogP contribution < -0.4 is 4.74 Å². The van der Waals surface area contributed by atoms with Crippen LogP contribution in [-0.2, 0) is 16.7 Å². The molecule has 0 aliphatic heterocycles. The summed E-state index contributed by atoms with van der Waals surface area (Å²) in [6.07, 6.45) is -4.66. The van der Waals surface area contributed by atoms with Crippen LogP contribution in [-0.4, -0.2) is 40.7 Å². The van der Waals surface area contributed by atoms with Crippen molar-refractivity contribution >= 4 is 16.3 Å². The maximum Gasteiger partial charge on any atom is 0.416 e. The summed E-state index contributed by atoms with van der Waals surface area (Å²) in [4.78, 5) is 0. The second-order valence-corrected chi connectivity index (χ2v) is 6.19. The highest BCUT2D eigenvalue weighted by molar-refractivity contribution is 7.61. The molecule has 3 rings (SSSR count). The smallest absolute Gasteiger partial charge is 0.416 e. The average molecular weight is 428 g/mol. The number of aromatic hydroxyl groups is 2.